The summed E-state index contributed by atoms with van der Waals surface area (Å²) in [6, 6.07) is 0. The van der Waals surface area contributed by atoms with Gasteiger partial charge in [0.25, 0.3) is 0 Å². The highest BCUT2D eigenvalue weighted by Gasteiger charge is 2.36. The van der Waals surface area contributed by atoms with Gasteiger partial charge in [0.15, 0.2) is 0 Å². The Kier molecular flexibility index (Phi) is 4.54. The quantitative estimate of drug-likeness (QED) is 0.711. The minimum Gasteiger partial charge on any atom is -0.377 e. The number of rotatable bonds is 5. The zero-order valence-electron chi connectivity index (χ0n) is 9.71. The van der Waals surface area contributed by atoms with Gasteiger partial charge in [-0.05, 0) is 26.7 Å². The fraction of sp³-hybridized carbons (Fsp3) is 0.909. The lowest BCUT2D eigenvalue weighted by Gasteiger charge is -2.23. The summed E-state index contributed by atoms with van der Waals surface area (Å²) in [7, 11) is 0. The van der Waals surface area contributed by atoms with Crippen LogP contribution in [-0.4, -0.2) is 30.7 Å². The van der Waals surface area contributed by atoms with E-state index in [2.05, 4.69) is 5.32 Å². The number of carbonyl (C=O) groups is 1. The molecular formula is C11H22N2O2. The highest BCUT2D eigenvalue weighted by Crippen LogP contribution is 2.27. The van der Waals surface area contributed by atoms with Crippen LogP contribution in [0.1, 0.15) is 39.5 Å². The van der Waals surface area contributed by atoms with Crippen LogP contribution in [0.4, 0.5) is 0 Å². The van der Waals surface area contributed by atoms with Crippen molar-refractivity contribution in [2.45, 2.75) is 51.2 Å². The van der Waals surface area contributed by atoms with Gasteiger partial charge in [0.05, 0.1) is 11.6 Å². The first-order chi connectivity index (χ1) is 7.08. The number of carbonyl (C=O) groups excluding carboxylic acids is 1. The molecule has 0 aromatic heterocycles. The van der Waals surface area contributed by atoms with Crippen molar-refractivity contribution >= 4 is 5.91 Å². The number of nitrogens with one attached hydrogen (secondary N) is 1. The molecule has 0 bridgehead atoms. The fourth-order valence-electron chi connectivity index (χ4n) is 1.99. The zero-order chi connectivity index (χ0) is 11.3. The van der Waals surface area contributed by atoms with Crippen LogP contribution >= 0.6 is 0 Å². The summed E-state index contributed by atoms with van der Waals surface area (Å²) in [6.07, 6.45) is 3.79. The molecule has 0 aliphatic heterocycles. The second-order valence-electron chi connectivity index (χ2n) is 4.34. The normalized spacial score (nSPS) is 21.3. The molecule has 4 nitrogen and oxygen atoms in total. The molecule has 1 aliphatic rings. The smallest absolute Gasteiger partial charge is 0.240 e. The molecule has 0 heterocycles. The van der Waals surface area contributed by atoms with E-state index < -0.39 is 5.54 Å². The Labute approximate surface area is 91.5 Å². The zero-order valence-corrected chi connectivity index (χ0v) is 9.71. The molecular weight excluding hydrogens is 192 g/mol. The van der Waals surface area contributed by atoms with Crippen molar-refractivity contribution in [3.63, 3.8) is 0 Å². The molecule has 0 spiro atoms. The molecule has 0 aromatic carbocycles. The first kappa shape index (κ1) is 12.5. The van der Waals surface area contributed by atoms with E-state index in [4.69, 9.17) is 10.5 Å². The third kappa shape index (κ3) is 3.47. The molecule has 1 rings (SSSR count). The van der Waals surface area contributed by atoms with Crippen molar-refractivity contribution in [2.75, 3.05) is 13.2 Å². The maximum absolute atomic E-state index is 11.8. The molecule has 1 aliphatic carbocycles. The molecule has 3 N–H and O–H groups in total. The molecule has 1 unspecified atom stereocenters. The van der Waals surface area contributed by atoms with Gasteiger partial charge in [0, 0.05) is 13.2 Å². The van der Waals surface area contributed by atoms with Gasteiger partial charge in [-0.3, -0.25) is 4.79 Å². The molecule has 0 aromatic rings. The minimum absolute atomic E-state index is 0.0217. The Morgan fingerprint density at radius 1 is 1.53 bits per heavy atom. The first-order valence-electron chi connectivity index (χ1n) is 5.77. The Morgan fingerprint density at radius 3 is 2.67 bits per heavy atom. The van der Waals surface area contributed by atoms with E-state index >= 15 is 0 Å². The predicted octanol–water partition coefficient (Wildman–Crippen LogP) is 0.799. The Balaban J connectivity index is 2.29. The van der Waals surface area contributed by atoms with Crippen molar-refractivity contribution in [3.05, 3.63) is 0 Å². The average Bonchev–Trinajstić information content (AvgIpc) is 2.63. The molecule has 0 saturated heterocycles. The number of amides is 1. The lowest BCUT2D eigenvalue weighted by atomic mass is 9.98. The fourth-order valence-corrected chi connectivity index (χ4v) is 1.99. The van der Waals surface area contributed by atoms with Gasteiger partial charge in [-0.1, -0.05) is 12.8 Å². The summed E-state index contributed by atoms with van der Waals surface area (Å²) < 4.78 is 5.33. The van der Waals surface area contributed by atoms with Crippen molar-refractivity contribution in [1.82, 2.24) is 5.32 Å². The number of hydrogen-bond acceptors (Lipinski definition) is 3. The lowest BCUT2D eigenvalue weighted by molar-refractivity contribution is -0.126. The van der Waals surface area contributed by atoms with E-state index in [1.165, 1.54) is 0 Å². The van der Waals surface area contributed by atoms with Crippen LogP contribution in [0.2, 0.25) is 0 Å². The van der Waals surface area contributed by atoms with E-state index in [-0.39, 0.29) is 12.0 Å². The SMILES string of the molecule is CCOC(C)CNC(=O)C1(N)CCCC1. The molecule has 1 atom stereocenters. The Bertz CT molecular complexity index is 213. The summed E-state index contributed by atoms with van der Waals surface area (Å²) in [5, 5.41) is 2.86. The number of nitrogens with two attached hydrogens (primary N) is 1. The van der Waals surface area contributed by atoms with Crippen molar-refractivity contribution in [3.8, 4) is 0 Å². The van der Waals surface area contributed by atoms with E-state index in [1.54, 1.807) is 0 Å². The summed E-state index contributed by atoms with van der Waals surface area (Å²) in [5.74, 6) is -0.0217. The molecule has 1 fully saturated rings. The van der Waals surface area contributed by atoms with Gasteiger partial charge in [0.1, 0.15) is 0 Å². The maximum Gasteiger partial charge on any atom is 0.240 e. The maximum atomic E-state index is 11.8. The monoisotopic (exact) mass is 214 g/mol. The molecule has 0 radical (unpaired) electrons. The van der Waals surface area contributed by atoms with Gasteiger partial charge in [-0.25, -0.2) is 0 Å². The van der Waals surface area contributed by atoms with Gasteiger partial charge >= 0.3 is 0 Å². The lowest BCUT2D eigenvalue weighted by Crippen LogP contribution is -2.53. The average molecular weight is 214 g/mol. The largest absolute Gasteiger partial charge is 0.377 e. The van der Waals surface area contributed by atoms with E-state index in [9.17, 15) is 4.79 Å². The first-order valence-corrected chi connectivity index (χ1v) is 5.77. The predicted molar refractivity (Wildman–Crippen MR) is 59.5 cm³/mol. The standard InChI is InChI=1S/C11H22N2O2/c1-3-15-9(2)8-13-10(14)11(12)6-4-5-7-11/h9H,3-8,12H2,1-2H3,(H,13,14). The van der Waals surface area contributed by atoms with Crippen molar-refractivity contribution < 1.29 is 9.53 Å². The second-order valence-corrected chi connectivity index (χ2v) is 4.34. The van der Waals surface area contributed by atoms with Gasteiger partial charge in [-0.15, -0.1) is 0 Å². The van der Waals surface area contributed by atoms with E-state index in [1.807, 2.05) is 13.8 Å². The van der Waals surface area contributed by atoms with Crippen LogP contribution in [0.15, 0.2) is 0 Å². The molecule has 88 valence electrons. The minimum atomic E-state index is -0.619. The van der Waals surface area contributed by atoms with Gasteiger partial charge < -0.3 is 15.8 Å². The molecule has 1 saturated carbocycles. The van der Waals surface area contributed by atoms with Crippen LogP contribution in [-0.2, 0) is 9.53 Å². The van der Waals surface area contributed by atoms with Gasteiger partial charge in [0.2, 0.25) is 5.91 Å². The number of hydrogen-bond donors (Lipinski definition) is 2. The highest BCUT2D eigenvalue weighted by molar-refractivity contribution is 5.86. The molecule has 15 heavy (non-hydrogen) atoms. The topological polar surface area (TPSA) is 64.3 Å². The third-order valence-electron chi connectivity index (χ3n) is 2.95. The van der Waals surface area contributed by atoms with Crippen molar-refractivity contribution in [1.29, 1.82) is 0 Å². The molecule has 4 heteroatoms. The van der Waals surface area contributed by atoms with E-state index in [0.29, 0.717) is 13.2 Å². The van der Waals surface area contributed by atoms with Crippen LogP contribution in [0.25, 0.3) is 0 Å². The summed E-state index contributed by atoms with van der Waals surface area (Å²) in [6.45, 7) is 5.11. The van der Waals surface area contributed by atoms with Crippen LogP contribution < -0.4 is 11.1 Å². The Hall–Kier alpha value is -0.610. The molecule has 1 amide bonds. The van der Waals surface area contributed by atoms with Crippen LogP contribution in [0.5, 0.6) is 0 Å². The summed E-state index contributed by atoms with van der Waals surface area (Å²) in [4.78, 5) is 11.8. The van der Waals surface area contributed by atoms with Gasteiger partial charge in [-0.2, -0.15) is 0 Å². The van der Waals surface area contributed by atoms with Crippen LogP contribution in [0, 0.1) is 0 Å². The summed E-state index contributed by atoms with van der Waals surface area (Å²) >= 11 is 0. The van der Waals surface area contributed by atoms with Crippen molar-refractivity contribution in [2.24, 2.45) is 5.73 Å². The third-order valence-corrected chi connectivity index (χ3v) is 2.95. The van der Waals surface area contributed by atoms with E-state index in [0.717, 1.165) is 25.7 Å². The van der Waals surface area contributed by atoms with Crippen LogP contribution in [0.3, 0.4) is 0 Å². The highest BCUT2D eigenvalue weighted by atomic mass is 16.5. The second kappa shape index (κ2) is 5.47. The Morgan fingerprint density at radius 2 is 2.13 bits per heavy atom. The number of ether oxygens (including phenoxy) is 1. The summed E-state index contributed by atoms with van der Waals surface area (Å²) in [5.41, 5.74) is 5.39.